The summed E-state index contributed by atoms with van der Waals surface area (Å²) in [6.45, 7) is 4.15. The van der Waals surface area contributed by atoms with Crippen LogP contribution in [0.5, 0.6) is 0 Å². The minimum Gasteiger partial charge on any atom is -0.364 e. The van der Waals surface area contributed by atoms with Crippen molar-refractivity contribution in [2.75, 3.05) is 0 Å². The van der Waals surface area contributed by atoms with Gasteiger partial charge in [0.1, 0.15) is 11.5 Å². The van der Waals surface area contributed by atoms with Crippen molar-refractivity contribution in [3.63, 3.8) is 0 Å². The largest absolute Gasteiger partial charge is 0.364 e. The number of hydrogen-bond acceptors (Lipinski definition) is 3. The van der Waals surface area contributed by atoms with Crippen molar-refractivity contribution in [1.29, 1.82) is 0 Å². The average molecular weight is 264 g/mol. The van der Waals surface area contributed by atoms with Crippen LogP contribution in [-0.4, -0.2) is 15.0 Å². The molecule has 0 saturated heterocycles. The van der Waals surface area contributed by atoms with Crippen molar-refractivity contribution in [3.05, 3.63) is 34.3 Å². The van der Waals surface area contributed by atoms with Gasteiger partial charge in [0, 0.05) is 28.4 Å². The molecule has 17 heavy (non-hydrogen) atoms. The van der Waals surface area contributed by atoms with Crippen LogP contribution < -0.4 is 0 Å². The fourth-order valence-electron chi connectivity index (χ4n) is 2.07. The van der Waals surface area contributed by atoms with Crippen molar-refractivity contribution in [2.45, 2.75) is 13.8 Å². The fourth-order valence-corrected chi connectivity index (χ4v) is 3.23. The van der Waals surface area contributed by atoms with Gasteiger partial charge >= 0.3 is 0 Å². The first-order valence-corrected chi connectivity index (χ1v) is 6.47. The summed E-state index contributed by atoms with van der Waals surface area (Å²) in [5.41, 5.74) is 5.64. The predicted molar refractivity (Wildman–Crippen MR) is 71.7 cm³/mol. The topological polar surface area (TPSA) is 41.6 Å². The zero-order valence-corrected chi connectivity index (χ0v) is 11.0. The van der Waals surface area contributed by atoms with E-state index in [0.29, 0.717) is 5.15 Å². The number of thiophene rings is 1. The zero-order chi connectivity index (χ0) is 12.0. The van der Waals surface area contributed by atoms with Gasteiger partial charge in [0.15, 0.2) is 0 Å². The second-order valence-corrected chi connectivity index (χ2v) is 5.20. The van der Waals surface area contributed by atoms with E-state index in [1.165, 1.54) is 17.5 Å². The minimum atomic E-state index is 0.525. The molecule has 1 N–H and O–H groups in total. The van der Waals surface area contributed by atoms with Gasteiger partial charge in [-0.3, -0.25) is 0 Å². The lowest BCUT2D eigenvalue weighted by Crippen LogP contribution is -1.84. The molecule has 0 amide bonds. The van der Waals surface area contributed by atoms with E-state index >= 15 is 0 Å². The molecule has 0 bridgehead atoms. The highest BCUT2D eigenvalue weighted by Gasteiger charge is 2.15. The number of H-pyrrole nitrogens is 1. The van der Waals surface area contributed by atoms with Crippen molar-refractivity contribution >= 4 is 33.2 Å². The number of halogens is 1. The van der Waals surface area contributed by atoms with Gasteiger partial charge in [0.25, 0.3) is 0 Å². The Balaban J connectivity index is 2.36. The third-order valence-corrected chi connectivity index (χ3v) is 4.23. The molecular formula is C12H10ClN3S. The predicted octanol–water partition coefficient (Wildman–Crippen LogP) is 3.96. The molecule has 0 unspecified atom stereocenters. The summed E-state index contributed by atoms with van der Waals surface area (Å²) in [6, 6.07) is 0. The van der Waals surface area contributed by atoms with Gasteiger partial charge in [-0.15, -0.1) is 11.3 Å². The van der Waals surface area contributed by atoms with Gasteiger partial charge < -0.3 is 4.98 Å². The number of nitrogens with one attached hydrogen (secondary N) is 1. The summed E-state index contributed by atoms with van der Waals surface area (Å²) in [6.07, 6.45) is 3.52. The SMILES string of the molecule is Cc1c[nH]c(C)c1-c1csc2c(Cl)ncnc12. The van der Waals surface area contributed by atoms with E-state index in [4.69, 9.17) is 11.6 Å². The Kier molecular flexibility index (Phi) is 2.42. The van der Waals surface area contributed by atoms with Gasteiger partial charge in [-0.1, -0.05) is 11.6 Å². The molecular weight excluding hydrogens is 254 g/mol. The first-order chi connectivity index (χ1) is 8.18. The highest BCUT2D eigenvalue weighted by Crippen LogP contribution is 2.37. The van der Waals surface area contributed by atoms with Gasteiger partial charge in [0.05, 0.1) is 10.2 Å². The van der Waals surface area contributed by atoms with Crippen molar-refractivity contribution in [2.24, 2.45) is 0 Å². The van der Waals surface area contributed by atoms with Crippen LogP contribution in [0, 0.1) is 13.8 Å². The first kappa shape index (κ1) is 10.7. The monoisotopic (exact) mass is 263 g/mol. The maximum atomic E-state index is 6.06. The summed E-state index contributed by atoms with van der Waals surface area (Å²) >= 11 is 7.65. The Hall–Kier alpha value is -1.39. The molecule has 0 aromatic carbocycles. The Morgan fingerprint density at radius 2 is 2.12 bits per heavy atom. The summed E-state index contributed by atoms with van der Waals surface area (Å²) in [7, 11) is 0. The van der Waals surface area contributed by atoms with Crippen molar-refractivity contribution in [3.8, 4) is 11.1 Å². The van der Waals surface area contributed by atoms with E-state index in [-0.39, 0.29) is 0 Å². The third-order valence-electron chi connectivity index (χ3n) is 2.85. The molecule has 5 heteroatoms. The summed E-state index contributed by atoms with van der Waals surface area (Å²) in [5, 5.41) is 2.62. The fraction of sp³-hybridized carbons (Fsp3) is 0.167. The molecule has 86 valence electrons. The zero-order valence-electron chi connectivity index (χ0n) is 9.41. The van der Waals surface area contributed by atoms with E-state index in [2.05, 4.69) is 34.2 Å². The summed E-state index contributed by atoms with van der Waals surface area (Å²) < 4.78 is 0.948. The summed E-state index contributed by atoms with van der Waals surface area (Å²) in [4.78, 5) is 11.6. The number of aromatic amines is 1. The third kappa shape index (κ3) is 1.56. The van der Waals surface area contributed by atoms with E-state index < -0.39 is 0 Å². The lowest BCUT2D eigenvalue weighted by atomic mass is 10.1. The maximum Gasteiger partial charge on any atom is 0.150 e. The van der Waals surface area contributed by atoms with Crippen LogP contribution >= 0.6 is 22.9 Å². The van der Waals surface area contributed by atoms with Crippen molar-refractivity contribution < 1.29 is 0 Å². The molecule has 0 fully saturated rings. The number of hydrogen-bond donors (Lipinski definition) is 1. The highest BCUT2D eigenvalue weighted by molar-refractivity contribution is 7.18. The second kappa shape index (κ2) is 3.82. The molecule has 0 aliphatic heterocycles. The lowest BCUT2D eigenvalue weighted by Gasteiger charge is -2.00. The number of rotatable bonds is 1. The second-order valence-electron chi connectivity index (χ2n) is 3.96. The Bertz CT molecular complexity index is 679. The number of aryl methyl sites for hydroxylation is 2. The van der Waals surface area contributed by atoms with E-state index in [1.54, 1.807) is 11.3 Å². The standard InChI is InChI=1S/C12H10ClN3S/c1-6-3-14-7(2)9(6)8-4-17-11-10(8)15-5-16-12(11)13/h3-5,14H,1-2H3. The Morgan fingerprint density at radius 1 is 1.29 bits per heavy atom. The van der Waals surface area contributed by atoms with Crippen LogP contribution in [0.4, 0.5) is 0 Å². The van der Waals surface area contributed by atoms with Gasteiger partial charge in [0.2, 0.25) is 0 Å². The minimum absolute atomic E-state index is 0.525. The van der Waals surface area contributed by atoms with Crippen LogP contribution in [0.3, 0.4) is 0 Å². The molecule has 0 spiro atoms. The van der Waals surface area contributed by atoms with Gasteiger partial charge in [-0.25, -0.2) is 9.97 Å². The normalized spacial score (nSPS) is 11.2. The van der Waals surface area contributed by atoms with E-state index in [9.17, 15) is 0 Å². The molecule has 3 heterocycles. The van der Waals surface area contributed by atoms with Gasteiger partial charge in [-0.2, -0.15) is 0 Å². The lowest BCUT2D eigenvalue weighted by molar-refractivity contribution is 1.23. The number of nitrogens with zero attached hydrogens (tertiary/aromatic N) is 2. The Morgan fingerprint density at radius 3 is 2.82 bits per heavy atom. The smallest absolute Gasteiger partial charge is 0.150 e. The van der Waals surface area contributed by atoms with Crippen molar-refractivity contribution in [1.82, 2.24) is 15.0 Å². The molecule has 3 aromatic heterocycles. The van der Waals surface area contributed by atoms with Gasteiger partial charge in [-0.05, 0) is 19.4 Å². The van der Waals surface area contributed by atoms with Crippen LogP contribution in [0.25, 0.3) is 21.3 Å². The number of fused-ring (bicyclic) bond motifs is 1. The van der Waals surface area contributed by atoms with Crippen LogP contribution in [-0.2, 0) is 0 Å². The highest BCUT2D eigenvalue weighted by atomic mass is 35.5. The Labute approximate surface area is 107 Å². The molecule has 3 aromatic rings. The number of aromatic nitrogens is 3. The average Bonchev–Trinajstić information content (AvgIpc) is 2.84. The maximum absolute atomic E-state index is 6.06. The van der Waals surface area contributed by atoms with E-state index in [0.717, 1.165) is 21.5 Å². The first-order valence-electron chi connectivity index (χ1n) is 5.21. The summed E-state index contributed by atoms with van der Waals surface area (Å²) in [5.74, 6) is 0. The van der Waals surface area contributed by atoms with Crippen LogP contribution in [0.2, 0.25) is 5.15 Å². The van der Waals surface area contributed by atoms with Crippen LogP contribution in [0.15, 0.2) is 17.9 Å². The molecule has 0 aliphatic rings. The quantitative estimate of drug-likeness (QED) is 0.675. The molecule has 3 nitrogen and oxygen atoms in total. The molecule has 0 atom stereocenters. The molecule has 0 saturated carbocycles. The molecule has 3 rings (SSSR count). The van der Waals surface area contributed by atoms with Crippen LogP contribution in [0.1, 0.15) is 11.3 Å². The molecule has 0 radical (unpaired) electrons. The van der Waals surface area contributed by atoms with E-state index in [1.807, 2.05) is 6.20 Å². The molecule has 0 aliphatic carbocycles.